The van der Waals surface area contributed by atoms with Crippen molar-refractivity contribution in [3.05, 3.63) is 88.4 Å². The van der Waals surface area contributed by atoms with Gasteiger partial charge in [0.15, 0.2) is 0 Å². The largest absolute Gasteiger partial charge is 0.497 e. The van der Waals surface area contributed by atoms with Crippen molar-refractivity contribution in [2.75, 3.05) is 18.0 Å². The number of nitrogens with one attached hydrogen (secondary N) is 1. The van der Waals surface area contributed by atoms with Crippen LogP contribution in [0.15, 0.2) is 82.2 Å². The fourth-order valence-electron chi connectivity index (χ4n) is 3.97. The Bertz CT molecular complexity index is 1410. The van der Waals surface area contributed by atoms with E-state index < -0.39 is 28.5 Å². The topological polar surface area (TPSA) is 96.0 Å². The van der Waals surface area contributed by atoms with Crippen molar-refractivity contribution in [2.45, 2.75) is 57.6 Å². The van der Waals surface area contributed by atoms with Crippen molar-refractivity contribution in [1.82, 2.24) is 10.2 Å². The third-order valence-corrected chi connectivity index (χ3v) is 8.98. The van der Waals surface area contributed by atoms with Gasteiger partial charge in [0, 0.05) is 23.1 Å². The van der Waals surface area contributed by atoms with Gasteiger partial charge in [-0.05, 0) is 69.2 Å². The molecule has 0 unspecified atom stereocenters. The van der Waals surface area contributed by atoms with Gasteiger partial charge >= 0.3 is 0 Å². The Morgan fingerprint density at radius 2 is 1.65 bits per heavy atom. The number of amides is 2. The maximum atomic E-state index is 14.0. The molecule has 0 saturated heterocycles. The predicted molar refractivity (Wildman–Crippen MR) is 161 cm³/mol. The van der Waals surface area contributed by atoms with Crippen LogP contribution in [0.1, 0.15) is 38.3 Å². The minimum atomic E-state index is -4.15. The van der Waals surface area contributed by atoms with Crippen LogP contribution in [-0.4, -0.2) is 50.9 Å². The van der Waals surface area contributed by atoms with E-state index in [1.807, 2.05) is 45.0 Å². The molecule has 0 saturated carbocycles. The van der Waals surface area contributed by atoms with Gasteiger partial charge in [0.1, 0.15) is 18.3 Å². The molecule has 40 heavy (non-hydrogen) atoms. The fraction of sp³-hybridized carbons (Fsp3) is 0.333. The third kappa shape index (κ3) is 7.85. The van der Waals surface area contributed by atoms with E-state index >= 15 is 0 Å². The van der Waals surface area contributed by atoms with Gasteiger partial charge in [0.2, 0.25) is 11.8 Å². The van der Waals surface area contributed by atoms with Crippen molar-refractivity contribution in [2.24, 2.45) is 0 Å². The summed E-state index contributed by atoms with van der Waals surface area (Å²) in [6, 6.07) is 19.5. The second kappa shape index (κ2) is 13.8. The van der Waals surface area contributed by atoms with Gasteiger partial charge in [-0.25, -0.2) is 8.42 Å². The third-order valence-electron chi connectivity index (χ3n) is 6.66. The number of ether oxygens (including phenoxy) is 1. The summed E-state index contributed by atoms with van der Waals surface area (Å²) in [5.41, 5.74) is 1.98. The average molecular weight is 631 g/mol. The molecule has 214 valence electrons. The van der Waals surface area contributed by atoms with Crippen LogP contribution in [-0.2, 0) is 26.2 Å². The van der Waals surface area contributed by atoms with E-state index in [4.69, 9.17) is 4.74 Å². The van der Waals surface area contributed by atoms with Gasteiger partial charge in [0.05, 0.1) is 17.7 Å². The van der Waals surface area contributed by atoms with Crippen LogP contribution in [0.4, 0.5) is 5.69 Å². The fourth-order valence-corrected chi connectivity index (χ4v) is 5.64. The Morgan fingerprint density at radius 1 is 1.00 bits per heavy atom. The Labute approximate surface area is 245 Å². The molecule has 0 spiro atoms. The molecular formula is C30H36BrN3O5S. The van der Waals surface area contributed by atoms with Crippen molar-refractivity contribution in [1.29, 1.82) is 0 Å². The molecule has 0 aliphatic heterocycles. The Hall–Kier alpha value is -3.37. The summed E-state index contributed by atoms with van der Waals surface area (Å²) >= 11 is 3.42. The Kier molecular flexibility index (Phi) is 10.8. The molecule has 1 N–H and O–H groups in total. The molecule has 0 fully saturated rings. The highest BCUT2D eigenvalue weighted by Crippen LogP contribution is 2.28. The molecule has 10 heteroatoms. The van der Waals surface area contributed by atoms with E-state index in [0.717, 1.165) is 26.3 Å². The maximum Gasteiger partial charge on any atom is 0.264 e. The second-order valence-corrected chi connectivity index (χ2v) is 12.4. The van der Waals surface area contributed by atoms with Crippen LogP contribution in [0.25, 0.3) is 0 Å². The number of nitrogens with zero attached hydrogens (tertiary/aromatic N) is 2. The van der Waals surface area contributed by atoms with Crippen LogP contribution in [0, 0.1) is 6.92 Å². The van der Waals surface area contributed by atoms with E-state index in [-0.39, 0.29) is 29.1 Å². The summed E-state index contributed by atoms with van der Waals surface area (Å²) in [7, 11) is -2.66. The molecule has 2 amide bonds. The highest BCUT2D eigenvalue weighted by Gasteiger charge is 2.33. The Morgan fingerprint density at radius 3 is 2.25 bits per heavy atom. The number of hydrogen-bond donors (Lipinski definition) is 1. The van der Waals surface area contributed by atoms with Crippen molar-refractivity contribution in [3.8, 4) is 5.75 Å². The summed E-state index contributed by atoms with van der Waals surface area (Å²) in [5, 5.41) is 2.93. The Balaban J connectivity index is 2.04. The number of methoxy groups -OCH3 is 1. The zero-order chi connectivity index (χ0) is 29.4. The van der Waals surface area contributed by atoms with E-state index in [1.54, 1.807) is 43.3 Å². The van der Waals surface area contributed by atoms with Crippen molar-refractivity contribution < 1.29 is 22.7 Å². The van der Waals surface area contributed by atoms with Crippen LogP contribution in [0.5, 0.6) is 5.75 Å². The zero-order valence-electron chi connectivity index (χ0n) is 23.4. The number of sulfonamides is 1. The average Bonchev–Trinajstić information content (AvgIpc) is 2.95. The number of aryl methyl sites for hydroxylation is 1. The molecular weight excluding hydrogens is 594 g/mol. The SMILES string of the molecule is CC[C@H](C)NC(=O)[C@@H](C)N(Cc1ccc(Br)cc1)C(=O)CN(c1cccc(OC)c1)S(=O)(=O)c1ccc(C)cc1. The number of carbonyl (C=O) groups excluding carboxylic acids is 2. The lowest BCUT2D eigenvalue weighted by Crippen LogP contribution is -2.52. The highest BCUT2D eigenvalue weighted by atomic mass is 79.9. The predicted octanol–water partition coefficient (Wildman–Crippen LogP) is 5.29. The van der Waals surface area contributed by atoms with E-state index in [1.165, 1.54) is 24.1 Å². The number of benzene rings is 3. The van der Waals surface area contributed by atoms with Crippen LogP contribution >= 0.6 is 15.9 Å². The lowest BCUT2D eigenvalue weighted by atomic mass is 10.1. The maximum absolute atomic E-state index is 14.0. The molecule has 3 aromatic rings. The van der Waals surface area contributed by atoms with Gasteiger partial charge < -0.3 is 15.0 Å². The van der Waals surface area contributed by atoms with Crippen LogP contribution in [0.3, 0.4) is 0 Å². The first-order valence-electron chi connectivity index (χ1n) is 13.0. The molecule has 0 aromatic heterocycles. The van der Waals surface area contributed by atoms with Crippen molar-refractivity contribution in [3.63, 3.8) is 0 Å². The molecule has 0 radical (unpaired) electrons. The van der Waals surface area contributed by atoms with E-state index in [0.29, 0.717) is 5.75 Å². The first-order valence-corrected chi connectivity index (χ1v) is 15.3. The molecule has 0 aliphatic carbocycles. The van der Waals surface area contributed by atoms with E-state index in [2.05, 4.69) is 21.2 Å². The molecule has 2 atom stereocenters. The lowest BCUT2D eigenvalue weighted by Gasteiger charge is -2.32. The number of rotatable bonds is 12. The van der Waals surface area contributed by atoms with E-state index in [9.17, 15) is 18.0 Å². The zero-order valence-corrected chi connectivity index (χ0v) is 25.8. The van der Waals surface area contributed by atoms with Gasteiger partial charge in [0.25, 0.3) is 10.0 Å². The smallest absolute Gasteiger partial charge is 0.264 e. The van der Waals surface area contributed by atoms with Gasteiger partial charge in [-0.1, -0.05) is 58.7 Å². The molecule has 0 bridgehead atoms. The summed E-state index contributed by atoms with van der Waals surface area (Å²) in [4.78, 5) is 28.6. The summed E-state index contributed by atoms with van der Waals surface area (Å²) in [6.45, 7) is 6.98. The van der Waals surface area contributed by atoms with Crippen LogP contribution < -0.4 is 14.4 Å². The number of anilines is 1. The summed E-state index contributed by atoms with van der Waals surface area (Å²) < 4.78 is 35.1. The normalized spacial score (nSPS) is 12.8. The monoisotopic (exact) mass is 629 g/mol. The quantitative estimate of drug-likeness (QED) is 0.294. The van der Waals surface area contributed by atoms with Gasteiger partial charge in [-0.3, -0.25) is 13.9 Å². The standard InChI is InChI=1S/C30H36BrN3O5S/c1-6-22(3)32-30(36)23(4)33(19-24-12-14-25(31)15-13-24)29(35)20-34(26-8-7-9-27(18-26)39-5)40(37,38)28-16-10-21(2)11-17-28/h7-18,22-23H,6,19-20H2,1-5H3,(H,32,36)/t22-,23+/m0/s1. The molecule has 0 heterocycles. The minimum Gasteiger partial charge on any atom is -0.497 e. The number of carbonyl (C=O) groups is 2. The van der Waals surface area contributed by atoms with Crippen molar-refractivity contribution >= 4 is 43.5 Å². The number of halogens is 1. The highest BCUT2D eigenvalue weighted by molar-refractivity contribution is 9.10. The number of hydrogen-bond acceptors (Lipinski definition) is 5. The first kappa shape index (κ1) is 31.2. The lowest BCUT2D eigenvalue weighted by molar-refractivity contribution is -0.139. The molecule has 8 nitrogen and oxygen atoms in total. The first-order chi connectivity index (χ1) is 19.0. The molecule has 3 aromatic carbocycles. The van der Waals surface area contributed by atoms with Crippen LogP contribution in [0.2, 0.25) is 0 Å². The minimum absolute atomic E-state index is 0.0516. The summed E-state index contributed by atoms with van der Waals surface area (Å²) in [5.74, 6) is -0.385. The summed E-state index contributed by atoms with van der Waals surface area (Å²) in [6.07, 6.45) is 0.734. The second-order valence-electron chi connectivity index (χ2n) is 9.67. The van der Waals surface area contributed by atoms with Gasteiger partial charge in [-0.15, -0.1) is 0 Å². The molecule has 0 aliphatic rings. The molecule has 3 rings (SSSR count). The van der Waals surface area contributed by atoms with Gasteiger partial charge in [-0.2, -0.15) is 0 Å².